The van der Waals surface area contributed by atoms with E-state index in [1.54, 1.807) is 0 Å². The van der Waals surface area contributed by atoms with Crippen molar-refractivity contribution in [1.82, 2.24) is 4.72 Å². The third-order valence-corrected chi connectivity index (χ3v) is 5.52. The number of hydrogen-bond donors (Lipinski definition) is 2. The first-order chi connectivity index (χ1) is 8.33. The summed E-state index contributed by atoms with van der Waals surface area (Å²) >= 11 is 0. The van der Waals surface area contributed by atoms with E-state index in [-0.39, 0.29) is 17.6 Å². The van der Waals surface area contributed by atoms with Crippen molar-refractivity contribution in [3.8, 4) is 0 Å². The maximum atomic E-state index is 12.0. The monoisotopic (exact) mass is 275 g/mol. The minimum atomic E-state index is -3.48. The van der Waals surface area contributed by atoms with Crippen molar-refractivity contribution in [2.75, 3.05) is 5.75 Å². The minimum Gasteiger partial charge on any atom is -0.480 e. The molecule has 6 heteroatoms. The summed E-state index contributed by atoms with van der Waals surface area (Å²) in [7, 11) is -3.48. The molecule has 5 nitrogen and oxygen atoms in total. The van der Waals surface area contributed by atoms with Gasteiger partial charge in [-0.3, -0.25) is 4.79 Å². The van der Waals surface area contributed by atoms with Gasteiger partial charge in [-0.1, -0.05) is 19.8 Å². The second-order valence-corrected chi connectivity index (χ2v) is 7.68. The highest BCUT2D eigenvalue weighted by molar-refractivity contribution is 7.89. The van der Waals surface area contributed by atoms with E-state index in [9.17, 15) is 18.3 Å². The van der Waals surface area contributed by atoms with Gasteiger partial charge in [0, 0.05) is 0 Å². The Bertz CT molecular complexity index is 429. The van der Waals surface area contributed by atoms with Gasteiger partial charge in [-0.25, -0.2) is 8.42 Å². The van der Waals surface area contributed by atoms with Crippen molar-refractivity contribution in [1.29, 1.82) is 0 Å². The molecule has 0 aromatic rings. The molecule has 0 aliphatic heterocycles. The predicted octanol–water partition coefficient (Wildman–Crippen LogP) is 1.35. The summed E-state index contributed by atoms with van der Waals surface area (Å²) in [5, 5.41) is 9.39. The number of carbonyl (C=O) groups is 1. The summed E-state index contributed by atoms with van der Waals surface area (Å²) in [5.74, 6) is -0.475. The Balaban J connectivity index is 2.12. The highest BCUT2D eigenvalue weighted by Crippen LogP contribution is 2.35. The Morgan fingerprint density at radius 3 is 2.56 bits per heavy atom. The van der Waals surface area contributed by atoms with Crippen LogP contribution < -0.4 is 4.72 Å². The average Bonchev–Trinajstić information content (AvgIpc) is 2.99. The van der Waals surface area contributed by atoms with Gasteiger partial charge < -0.3 is 5.11 Å². The Morgan fingerprint density at radius 2 is 2.06 bits per heavy atom. The second kappa shape index (κ2) is 4.81. The molecule has 18 heavy (non-hydrogen) atoms. The summed E-state index contributed by atoms with van der Waals surface area (Å²) in [5.41, 5.74) is -1.27. The fraction of sp³-hybridized carbons (Fsp3) is 0.917. The molecule has 0 aromatic carbocycles. The lowest BCUT2D eigenvalue weighted by Crippen LogP contribution is -2.57. The molecule has 2 atom stereocenters. The predicted molar refractivity (Wildman–Crippen MR) is 67.6 cm³/mol. The normalized spacial score (nSPS) is 33.3. The molecular formula is C12H21NO4S. The van der Waals surface area contributed by atoms with Gasteiger partial charge in [0.1, 0.15) is 5.54 Å². The van der Waals surface area contributed by atoms with Crippen LogP contribution in [0, 0.1) is 11.8 Å². The molecular weight excluding hydrogens is 254 g/mol. The van der Waals surface area contributed by atoms with Crippen molar-refractivity contribution in [2.24, 2.45) is 11.8 Å². The summed E-state index contributed by atoms with van der Waals surface area (Å²) in [6.45, 7) is 1.98. The number of rotatable bonds is 5. The number of sulfonamides is 1. The molecule has 104 valence electrons. The Kier molecular flexibility index (Phi) is 3.69. The number of aliphatic carboxylic acids is 1. The lowest BCUT2D eigenvalue weighted by molar-refractivity contribution is -0.146. The van der Waals surface area contributed by atoms with E-state index in [2.05, 4.69) is 4.72 Å². The van der Waals surface area contributed by atoms with Crippen LogP contribution in [0.5, 0.6) is 0 Å². The zero-order chi connectivity index (χ0) is 13.4. The zero-order valence-corrected chi connectivity index (χ0v) is 11.5. The van der Waals surface area contributed by atoms with Crippen LogP contribution in [0.3, 0.4) is 0 Å². The number of hydrogen-bond acceptors (Lipinski definition) is 3. The smallest absolute Gasteiger partial charge is 0.324 e. The summed E-state index contributed by atoms with van der Waals surface area (Å²) in [4.78, 5) is 11.5. The van der Waals surface area contributed by atoms with Gasteiger partial charge in [0.15, 0.2) is 0 Å². The van der Waals surface area contributed by atoms with Crippen LogP contribution >= 0.6 is 0 Å². The highest BCUT2D eigenvalue weighted by Gasteiger charge is 2.45. The molecule has 0 heterocycles. The van der Waals surface area contributed by atoms with Gasteiger partial charge in [0.25, 0.3) is 0 Å². The van der Waals surface area contributed by atoms with Crippen LogP contribution in [0.2, 0.25) is 0 Å². The molecule has 2 saturated carbocycles. The van der Waals surface area contributed by atoms with Gasteiger partial charge in [0.2, 0.25) is 10.0 Å². The number of carboxylic acid groups (broad SMARTS) is 1. The number of carboxylic acids is 1. The Morgan fingerprint density at radius 1 is 1.39 bits per heavy atom. The van der Waals surface area contributed by atoms with Crippen LogP contribution in [0.1, 0.15) is 45.4 Å². The zero-order valence-electron chi connectivity index (χ0n) is 10.7. The van der Waals surface area contributed by atoms with Crippen molar-refractivity contribution in [3.05, 3.63) is 0 Å². The lowest BCUT2D eigenvalue weighted by atomic mass is 9.77. The van der Waals surface area contributed by atoms with E-state index in [1.165, 1.54) is 0 Å². The molecule has 0 radical (unpaired) electrons. The van der Waals surface area contributed by atoms with Crippen molar-refractivity contribution in [3.63, 3.8) is 0 Å². The van der Waals surface area contributed by atoms with Gasteiger partial charge >= 0.3 is 5.97 Å². The first-order valence-electron chi connectivity index (χ1n) is 6.58. The van der Waals surface area contributed by atoms with Gasteiger partial charge in [-0.15, -0.1) is 0 Å². The molecule has 0 bridgehead atoms. The van der Waals surface area contributed by atoms with Crippen molar-refractivity contribution >= 4 is 16.0 Å². The fourth-order valence-electron chi connectivity index (χ4n) is 2.82. The van der Waals surface area contributed by atoms with E-state index in [1.807, 2.05) is 6.92 Å². The topological polar surface area (TPSA) is 83.5 Å². The molecule has 0 amide bonds. The van der Waals surface area contributed by atoms with E-state index >= 15 is 0 Å². The van der Waals surface area contributed by atoms with E-state index < -0.39 is 21.5 Å². The minimum absolute atomic E-state index is 0.0798. The lowest BCUT2D eigenvalue weighted by Gasteiger charge is -2.36. The van der Waals surface area contributed by atoms with Crippen molar-refractivity contribution in [2.45, 2.75) is 51.0 Å². The van der Waals surface area contributed by atoms with Gasteiger partial charge in [-0.05, 0) is 37.5 Å². The second-order valence-electron chi connectivity index (χ2n) is 5.92. The first kappa shape index (κ1) is 13.8. The molecule has 2 fully saturated rings. The molecule has 2 N–H and O–H groups in total. The molecule has 2 aliphatic rings. The molecule has 0 aromatic heterocycles. The third-order valence-electron chi connectivity index (χ3n) is 3.91. The highest BCUT2D eigenvalue weighted by atomic mass is 32.2. The maximum absolute atomic E-state index is 12.0. The van der Waals surface area contributed by atoms with Crippen LogP contribution in [0.4, 0.5) is 0 Å². The van der Waals surface area contributed by atoms with Gasteiger partial charge in [-0.2, -0.15) is 4.72 Å². The average molecular weight is 275 g/mol. The molecule has 0 saturated heterocycles. The van der Waals surface area contributed by atoms with Crippen LogP contribution in [-0.2, 0) is 14.8 Å². The standard InChI is InChI=1S/C12H21NO4S/c1-9-3-2-6-12(7-9,11(14)15)13-18(16,17)8-10-4-5-10/h9-10,13H,2-8H2,1H3,(H,14,15). The third kappa shape index (κ3) is 3.23. The SMILES string of the molecule is CC1CCCC(NS(=O)(=O)CC2CC2)(C(=O)O)C1. The number of nitrogens with one attached hydrogen (secondary N) is 1. The Hall–Kier alpha value is -0.620. The van der Waals surface area contributed by atoms with E-state index in [0.29, 0.717) is 12.8 Å². The van der Waals surface area contributed by atoms with Crippen LogP contribution in [0.15, 0.2) is 0 Å². The Labute approximate surface area is 108 Å². The van der Waals surface area contributed by atoms with Gasteiger partial charge in [0.05, 0.1) is 5.75 Å². The quantitative estimate of drug-likeness (QED) is 0.793. The summed E-state index contributed by atoms with van der Waals surface area (Å²) in [6.07, 6.45) is 4.41. The maximum Gasteiger partial charge on any atom is 0.324 e. The fourth-order valence-corrected chi connectivity index (χ4v) is 4.72. The summed E-state index contributed by atoms with van der Waals surface area (Å²) < 4.78 is 26.5. The van der Waals surface area contributed by atoms with Crippen LogP contribution in [-0.4, -0.2) is 30.8 Å². The molecule has 2 rings (SSSR count). The largest absolute Gasteiger partial charge is 0.480 e. The van der Waals surface area contributed by atoms with E-state index in [4.69, 9.17) is 0 Å². The van der Waals surface area contributed by atoms with Crippen LogP contribution in [0.25, 0.3) is 0 Å². The molecule has 2 aliphatic carbocycles. The first-order valence-corrected chi connectivity index (χ1v) is 8.23. The van der Waals surface area contributed by atoms with Crippen molar-refractivity contribution < 1.29 is 18.3 Å². The summed E-state index contributed by atoms with van der Waals surface area (Å²) in [6, 6.07) is 0. The molecule has 2 unspecified atom stereocenters. The molecule has 0 spiro atoms. The van der Waals surface area contributed by atoms with E-state index in [0.717, 1.165) is 25.7 Å².